The van der Waals surface area contributed by atoms with E-state index in [1.165, 1.54) is 6.42 Å². The SMILES string of the molecule is CN(C1CCCCC1)S(=O)(=O)N1CCCCC1CN.Cl. The molecule has 1 unspecified atom stereocenters. The molecule has 2 aliphatic rings. The molecule has 1 saturated heterocycles. The smallest absolute Gasteiger partial charge is 0.282 e. The largest absolute Gasteiger partial charge is 0.329 e. The Balaban J connectivity index is 0.00000200. The molecular formula is C13H28ClN3O2S. The van der Waals surface area contributed by atoms with E-state index in [2.05, 4.69) is 0 Å². The molecule has 120 valence electrons. The number of piperidine rings is 1. The molecule has 2 fully saturated rings. The van der Waals surface area contributed by atoms with Crippen LogP contribution in [0.15, 0.2) is 0 Å². The fourth-order valence-corrected chi connectivity index (χ4v) is 5.16. The van der Waals surface area contributed by atoms with Crippen molar-refractivity contribution < 1.29 is 8.42 Å². The van der Waals surface area contributed by atoms with Crippen LogP contribution in [0.1, 0.15) is 51.4 Å². The molecule has 1 heterocycles. The van der Waals surface area contributed by atoms with E-state index >= 15 is 0 Å². The second-order valence-electron chi connectivity index (χ2n) is 5.81. The van der Waals surface area contributed by atoms with Crippen molar-refractivity contribution in [1.29, 1.82) is 0 Å². The number of hydrogen-bond donors (Lipinski definition) is 1. The first-order valence-electron chi connectivity index (χ1n) is 7.52. The maximum Gasteiger partial charge on any atom is 0.282 e. The summed E-state index contributed by atoms with van der Waals surface area (Å²) in [7, 11) is -1.59. The highest BCUT2D eigenvalue weighted by molar-refractivity contribution is 7.86. The van der Waals surface area contributed by atoms with Gasteiger partial charge in [0, 0.05) is 32.2 Å². The van der Waals surface area contributed by atoms with Crippen molar-refractivity contribution in [2.24, 2.45) is 5.73 Å². The minimum absolute atomic E-state index is 0. The molecule has 0 aromatic heterocycles. The van der Waals surface area contributed by atoms with Crippen molar-refractivity contribution in [2.75, 3.05) is 20.1 Å². The van der Waals surface area contributed by atoms with Gasteiger partial charge in [-0.2, -0.15) is 17.0 Å². The van der Waals surface area contributed by atoms with Crippen LogP contribution in [-0.2, 0) is 10.2 Å². The Kier molecular flexibility index (Phi) is 7.21. The van der Waals surface area contributed by atoms with Gasteiger partial charge in [-0.25, -0.2) is 0 Å². The summed E-state index contributed by atoms with van der Waals surface area (Å²) < 4.78 is 28.8. The molecule has 20 heavy (non-hydrogen) atoms. The molecule has 2 N–H and O–H groups in total. The summed E-state index contributed by atoms with van der Waals surface area (Å²) in [5.41, 5.74) is 5.74. The van der Waals surface area contributed by atoms with Gasteiger partial charge < -0.3 is 5.73 Å². The molecule has 0 amide bonds. The standard InChI is InChI=1S/C13H27N3O2S.ClH/c1-15(12-7-3-2-4-8-12)19(17,18)16-10-6-5-9-13(16)11-14;/h12-13H,2-11,14H2,1H3;1H. The van der Waals surface area contributed by atoms with Gasteiger partial charge in [0.25, 0.3) is 10.2 Å². The average Bonchev–Trinajstić information content (AvgIpc) is 2.47. The van der Waals surface area contributed by atoms with Crippen LogP contribution in [0.4, 0.5) is 0 Å². The third-order valence-corrected chi connectivity index (χ3v) is 6.69. The van der Waals surface area contributed by atoms with Crippen LogP contribution >= 0.6 is 12.4 Å². The van der Waals surface area contributed by atoms with Gasteiger partial charge >= 0.3 is 0 Å². The molecule has 0 aromatic carbocycles. The molecule has 2 rings (SSSR count). The van der Waals surface area contributed by atoms with Crippen molar-refractivity contribution in [3.05, 3.63) is 0 Å². The lowest BCUT2D eigenvalue weighted by atomic mass is 9.96. The Hall–Kier alpha value is 0.120. The number of hydrogen-bond acceptors (Lipinski definition) is 3. The van der Waals surface area contributed by atoms with Crippen molar-refractivity contribution >= 4 is 22.6 Å². The highest BCUT2D eigenvalue weighted by atomic mass is 35.5. The van der Waals surface area contributed by atoms with Gasteiger partial charge in [-0.3, -0.25) is 0 Å². The van der Waals surface area contributed by atoms with E-state index in [0.717, 1.165) is 44.9 Å². The molecule has 0 spiro atoms. The molecule has 7 heteroatoms. The molecule has 1 aliphatic heterocycles. The Morgan fingerprint density at radius 2 is 1.70 bits per heavy atom. The lowest BCUT2D eigenvalue weighted by Crippen LogP contribution is -2.54. The summed E-state index contributed by atoms with van der Waals surface area (Å²) in [6.07, 6.45) is 8.45. The maximum absolute atomic E-state index is 12.8. The number of rotatable bonds is 4. The van der Waals surface area contributed by atoms with Gasteiger partial charge in [0.2, 0.25) is 0 Å². The Morgan fingerprint density at radius 1 is 1.10 bits per heavy atom. The van der Waals surface area contributed by atoms with E-state index in [0.29, 0.717) is 13.1 Å². The Morgan fingerprint density at radius 3 is 2.30 bits per heavy atom. The van der Waals surface area contributed by atoms with Crippen molar-refractivity contribution in [2.45, 2.75) is 63.5 Å². The number of halogens is 1. The van der Waals surface area contributed by atoms with Gasteiger partial charge in [-0.1, -0.05) is 25.7 Å². The first-order valence-corrected chi connectivity index (χ1v) is 8.92. The zero-order valence-corrected chi connectivity index (χ0v) is 14.0. The summed E-state index contributed by atoms with van der Waals surface area (Å²) in [5, 5.41) is 0. The molecule has 1 aliphatic carbocycles. The normalized spacial score (nSPS) is 26.4. The van der Waals surface area contributed by atoms with Crippen LogP contribution in [0, 0.1) is 0 Å². The average molecular weight is 326 g/mol. The van der Waals surface area contributed by atoms with Gasteiger partial charge in [-0.15, -0.1) is 12.4 Å². The van der Waals surface area contributed by atoms with Crippen molar-refractivity contribution in [1.82, 2.24) is 8.61 Å². The summed E-state index contributed by atoms with van der Waals surface area (Å²) in [4.78, 5) is 0. The molecule has 1 saturated carbocycles. The lowest BCUT2D eigenvalue weighted by molar-refractivity contribution is 0.216. The van der Waals surface area contributed by atoms with Crippen LogP contribution < -0.4 is 5.73 Å². The summed E-state index contributed by atoms with van der Waals surface area (Å²) >= 11 is 0. The highest BCUT2D eigenvalue weighted by Crippen LogP contribution is 2.27. The first-order chi connectivity index (χ1) is 9.07. The second kappa shape index (κ2) is 7.94. The fourth-order valence-electron chi connectivity index (χ4n) is 3.31. The number of nitrogens with zero attached hydrogens (tertiary/aromatic N) is 2. The van der Waals surface area contributed by atoms with E-state index in [1.54, 1.807) is 15.7 Å². The zero-order chi connectivity index (χ0) is 13.9. The Bertz CT molecular complexity index is 385. The van der Waals surface area contributed by atoms with Crippen molar-refractivity contribution in [3.8, 4) is 0 Å². The lowest BCUT2D eigenvalue weighted by Gasteiger charge is -2.39. The molecular weight excluding hydrogens is 298 g/mol. The van der Waals surface area contributed by atoms with Crippen LogP contribution in [0.3, 0.4) is 0 Å². The molecule has 0 aromatic rings. The summed E-state index contributed by atoms with van der Waals surface area (Å²) in [6, 6.07) is 0.170. The minimum Gasteiger partial charge on any atom is -0.329 e. The fraction of sp³-hybridized carbons (Fsp3) is 1.00. The molecule has 0 bridgehead atoms. The maximum atomic E-state index is 12.8. The first kappa shape index (κ1) is 18.2. The number of nitrogens with two attached hydrogens (primary N) is 1. The summed E-state index contributed by atoms with van der Waals surface area (Å²) in [5.74, 6) is 0. The van der Waals surface area contributed by atoms with E-state index in [9.17, 15) is 8.42 Å². The van der Waals surface area contributed by atoms with Gasteiger partial charge in [0.1, 0.15) is 0 Å². The second-order valence-corrected chi connectivity index (χ2v) is 7.75. The van der Waals surface area contributed by atoms with Gasteiger partial charge in [0.05, 0.1) is 0 Å². The topological polar surface area (TPSA) is 66.6 Å². The van der Waals surface area contributed by atoms with Crippen LogP contribution in [0.5, 0.6) is 0 Å². The van der Waals surface area contributed by atoms with Crippen LogP contribution in [0.2, 0.25) is 0 Å². The zero-order valence-electron chi connectivity index (χ0n) is 12.3. The predicted octanol–water partition coefficient (Wildman–Crippen LogP) is 1.73. The third kappa shape index (κ3) is 3.85. The Labute approximate surface area is 129 Å². The van der Waals surface area contributed by atoms with Gasteiger partial charge in [-0.05, 0) is 25.7 Å². The monoisotopic (exact) mass is 325 g/mol. The van der Waals surface area contributed by atoms with Crippen LogP contribution in [-0.4, -0.2) is 49.2 Å². The van der Waals surface area contributed by atoms with Crippen molar-refractivity contribution in [3.63, 3.8) is 0 Å². The highest BCUT2D eigenvalue weighted by Gasteiger charge is 2.37. The van der Waals surface area contributed by atoms with Crippen LogP contribution in [0.25, 0.3) is 0 Å². The van der Waals surface area contributed by atoms with E-state index in [4.69, 9.17) is 5.73 Å². The molecule has 5 nitrogen and oxygen atoms in total. The molecule has 1 atom stereocenters. The van der Waals surface area contributed by atoms with E-state index < -0.39 is 10.2 Å². The molecule has 0 radical (unpaired) electrons. The van der Waals surface area contributed by atoms with Gasteiger partial charge in [0.15, 0.2) is 0 Å². The third-order valence-electron chi connectivity index (χ3n) is 4.59. The summed E-state index contributed by atoms with van der Waals surface area (Å²) in [6.45, 7) is 1.05. The van der Waals surface area contributed by atoms with E-state index in [1.807, 2.05) is 0 Å². The quantitative estimate of drug-likeness (QED) is 0.856. The van der Waals surface area contributed by atoms with E-state index in [-0.39, 0.29) is 24.5 Å². The predicted molar refractivity (Wildman–Crippen MR) is 84.2 cm³/mol. The minimum atomic E-state index is -3.34.